The van der Waals surface area contributed by atoms with Crippen molar-refractivity contribution in [3.05, 3.63) is 59.7 Å². The first-order valence-corrected chi connectivity index (χ1v) is 7.61. The molecule has 0 saturated heterocycles. The first-order chi connectivity index (χ1) is 9.74. The number of amides is 1. The van der Waals surface area contributed by atoms with Gasteiger partial charge in [0.2, 0.25) is 5.91 Å². The largest absolute Gasteiger partial charge is 0.378 e. The van der Waals surface area contributed by atoms with Crippen molar-refractivity contribution in [2.45, 2.75) is 17.4 Å². The summed E-state index contributed by atoms with van der Waals surface area (Å²) in [5.41, 5.74) is 8.15. The molecule has 1 unspecified atom stereocenters. The third-order valence-electron chi connectivity index (χ3n) is 3.47. The Bertz CT molecular complexity index is 625. The number of thioether (sulfide) groups is 1. The maximum Gasteiger partial charge on any atom is 0.248 e. The normalized spacial score (nSPS) is 17.3. The first kappa shape index (κ1) is 13.1. The van der Waals surface area contributed by atoms with E-state index in [1.807, 2.05) is 23.9 Å². The molecule has 1 atom stereocenters. The second kappa shape index (κ2) is 5.59. The van der Waals surface area contributed by atoms with Gasteiger partial charge in [-0.2, -0.15) is 0 Å². The SMILES string of the molecule is NC(=O)c1ccc(NC2CCSc3ccccc32)cc1. The molecule has 3 nitrogen and oxygen atoms in total. The lowest BCUT2D eigenvalue weighted by Crippen LogP contribution is -2.16. The summed E-state index contributed by atoms with van der Waals surface area (Å²) in [7, 11) is 0. The molecule has 2 aromatic rings. The molecule has 3 N–H and O–H groups in total. The highest BCUT2D eigenvalue weighted by molar-refractivity contribution is 7.99. The van der Waals surface area contributed by atoms with Crippen molar-refractivity contribution in [2.75, 3.05) is 11.1 Å². The number of hydrogen-bond acceptors (Lipinski definition) is 3. The third kappa shape index (κ3) is 2.65. The van der Waals surface area contributed by atoms with E-state index in [4.69, 9.17) is 5.73 Å². The predicted octanol–water partition coefficient (Wildman–Crippen LogP) is 3.43. The number of hydrogen-bond donors (Lipinski definition) is 2. The van der Waals surface area contributed by atoms with E-state index in [1.54, 1.807) is 12.1 Å². The summed E-state index contributed by atoms with van der Waals surface area (Å²) < 4.78 is 0. The van der Waals surface area contributed by atoms with Crippen molar-refractivity contribution >= 4 is 23.4 Å². The number of primary amides is 1. The van der Waals surface area contributed by atoms with Gasteiger partial charge in [-0.05, 0) is 42.3 Å². The van der Waals surface area contributed by atoms with Gasteiger partial charge >= 0.3 is 0 Å². The summed E-state index contributed by atoms with van der Waals surface area (Å²) in [4.78, 5) is 12.4. The Morgan fingerprint density at radius 1 is 1.15 bits per heavy atom. The van der Waals surface area contributed by atoms with Gasteiger partial charge < -0.3 is 11.1 Å². The minimum Gasteiger partial charge on any atom is -0.378 e. The summed E-state index contributed by atoms with van der Waals surface area (Å²) in [6.07, 6.45) is 1.10. The number of carbonyl (C=O) groups is 1. The lowest BCUT2D eigenvalue weighted by Gasteiger charge is -2.26. The van der Waals surface area contributed by atoms with Gasteiger partial charge in [-0.15, -0.1) is 11.8 Å². The maximum absolute atomic E-state index is 11.1. The van der Waals surface area contributed by atoms with Crippen LogP contribution in [0.15, 0.2) is 53.4 Å². The van der Waals surface area contributed by atoms with Gasteiger partial charge in [-0.1, -0.05) is 18.2 Å². The molecule has 102 valence electrons. The van der Waals surface area contributed by atoms with Gasteiger partial charge in [0.25, 0.3) is 0 Å². The summed E-state index contributed by atoms with van der Waals surface area (Å²) in [6.45, 7) is 0. The van der Waals surface area contributed by atoms with E-state index in [-0.39, 0.29) is 0 Å². The lowest BCUT2D eigenvalue weighted by atomic mass is 10.0. The quantitative estimate of drug-likeness (QED) is 0.908. The minimum atomic E-state index is -0.393. The van der Waals surface area contributed by atoms with Gasteiger partial charge in [0.05, 0.1) is 6.04 Å². The number of rotatable bonds is 3. The third-order valence-corrected chi connectivity index (χ3v) is 4.59. The fourth-order valence-electron chi connectivity index (χ4n) is 2.42. The van der Waals surface area contributed by atoms with Crippen LogP contribution in [0.1, 0.15) is 28.4 Å². The van der Waals surface area contributed by atoms with Crippen LogP contribution in [-0.2, 0) is 0 Å². The van der Waals surface area contributed by atoms with Crippen molar-refractivity contribution < 1.29 is 4.79 Å². The molecule has 1 aliphatic rings. The fraction of sp³-hybridized carbons (Fsp3) is 0.188. The zero-order valence-electron chi connectivity index (χ0n) is 11.0. The molecule has 1 amide bonds. The van der Waals surface area contributed by atoms with E-state index >= 15 is 0 Å². The van der Waals surface area contributed by atoms with Crippen LogP contribution < -0.4 is 11.1 Å². The van der Waals surface area contributed by atoms with Crippen LogP contribution >= 0.6 is 11.8 Å². The fourth-order valence-corrected chi connectivity index (χ4v) is 3.55. The molecule has 1 aliphatic heterocycles. The number of carbonyl (C=O) groups excluding carboxylic acids is 1. The maximum atomic E-state index is 11.1. The minimum absolute atomic E-state index is 0.326. The first-order valence-electron chi connectivity index (χ1n) is 6.62. The van der Waals surface area contributed by atoms with Crippen molar-refractivity contribution in [2.24, 2.45) is 5.73 Å². The summed E-state index contributed by atoms with van der Waals surface area (Å²) >= 11 is 1.91. The zero-order valence-corrected chi connectivity index (χ0v) is 11.8. The summed E-state index contributed by atoms with van der Waals surface area (Å²) in [5, 5.41) is 3.54. The lowest BCUT2D eigenvalue weighted by molar-refractivity contribution is 0.100. The molecule has 4 heteroatoms. The van der Waals surface area contributed by atoms with Crippen LogP contribution in [0.5, 0.6) is 0 Å². The Hall–Kier alpha value is -1.94. The highest BCUT2D eigenvalue weighted by Crippen LogP contribution is 2.37. The van der Waals surface area contributed by atoms with Crippen molar-refractivity contribution in [1.82, 2.24) is 0 Å². The average molecular weight is 284 g/mol. The zero-order chi connectivity index (χ0) is 13.9. The highest BCUT2D eigenvalue weighted by Gasteiger charge is 2.19. The Morgan fingerprint density at radius 3 is 2.65 bits per heavy atom. The second-order valence-electron chi connectivity index (χ2n) is 4.81. The molecular weight excluding hydrogens is 268 g/mol. The molecule has 0 radical (unpaired) electrons. The molecule has 20 heavy (non-hydrogen) atoms. The van der Waals surface area contributed by atoms with E-state index in [0.29, 0.717) is 11.6 Å². The van der Waals surface area contributed by atoms with Gasteiger partial charge in [-0.25, -0.2) is 0 Å². The number of benzene rings is 2. The van der Waals surface area contributed by atoms with Crippen molar-refractivity contribution in [3.63, 3.8) is 0 Å². The number of nitrogens with one attached hydrogen (secondary N) is 1. The van der Waals surface area contributed by atoms with Crippen LogP contribution in [-0.4, -0.2) is 11.7 Å². The molecule has 1 heterocycles. The predicted molar refractivity (Wildman–Crippen MR) is 83.1 cm³/mol. The molecule has 0 spiro atoms. The number of fused-ring (bicyclic) bond motifs is 1. The molecule has 2 aromatic carbocycles. The monoisotopic (exact) mass is 284 g/mol. The smallest absolute Gasteiger partial charge is 0.248 e. The Kier molecular flexibility index (Phi) is 3.65. The van der Waals surface area contributed by atoms with Crippen LogP contribution in [0.4, 0.5) is 5.69 Å². The molecule has 0 saturated carbocycles. The molecule has 0 fully saturated rings. The second-order valence-corrected chi connectivity index (χ2v) is 5.95. The van der Waals surface area contributed by atoms with Crippen LogP contribution in [0.2, 0.25) is 0 Å². The summed E-state index contributed by atoms with van der Waals surface area (Å²) in [5.74, 6) is 0.726. The highest BCUT2D eigenvalue weighted by atomic mass is 32.2. The van der Waals surface area contributed by atoms with Crippen molar-refractivity contribution in [1.29, 1.82) is 0 Å². The number of anilines is 1. The van der Waals surface area contributed by atoms with Crippen LogP contribution in [0, 0.1) is 0 Å². The van der Waals surface area contributed by atoms with Gasteiger partial charge in [0, 0.05) is 21.9 Å². The Morgan fingerprint density at radius 2 is 1.90 bits per heavy atom. The van der Waals surface area contributed by atoms with Crippen molar-refractivity contribution in [3.8, 4) is 0 Å². The average Bonchev–Trinajstić information content (AvgIpc) is 2.48. The van der Waals surface area contributed by atoms with Gasteiger partial charge in [0.15, 0.2) is 0 Å². The van der Waals surface area contributed by atoms with E-state index < -0.39 is 5.91 Å². The number of nitrogens with two attached hydrogens (primary N) is 1. The van der Waals surface area contributed by atoms with Crippen LogP contribution in [0.3, 0.4) is 0 Å². The Balaban J connectivity index is 1.80. The van der Waals surface area contributed by atoms with Gasteiger partial charge in [-0.3, -0.25) is 4.79 Å². The standard InChI is InChI=1S/C16H16N2OS/c17-16(19)11-5-7-12(8-6-11)18-14-9-10-20-15-4-2-1-3-13(14)15/h1-8,14,18H,9-10H2,(H2,17,19). The molecular formula is C16H16N2OS. The topological polar surface area (TPSA) is 55.1 Å². The van der Waals surface area contributed by atoms with E-state index in [0.717, 1.165) is 17.9 Å². The molecule has 0 aliphatic carbocycles. The molecule has 3 rings (SSSR count). The Labute approximate surface area is 122 Å². The summed E-state index contributed by atoms with van der Waals surface area (Å²) in [6, 6.07) is 16.2. The van der Waals surface area contributed by atoms with Crippen LogP contribution in [0.25, 0.3) is 0 Å². The molecule has 0 aromatic heterocycles. The van der Waals surface area contributed by atoms with E-state index in [2.05, 4.69) is 29.6 Å². The van der Waals surface area contributed by atoms with Gasteiger partial charge in [0.1, 0.15) is 0 Å². The van der Waals surface area contributed by atoms with E-state index in [9.17, 15) is 4.79 Å². The van der Waals surface area contributed by atoms with E-state index in [1.165, 1.54) is 10.5 Å². The molecule has 0 bridgehead atoms.